The molecule has 2 amide bonds. The number of urea groups is 1. The van der Waals surface area contributed by atoms with Crippen LogP contribution < -0.4 is 10.8 Å². The van der Waals surface area contributed by atoms with Gasteiger partial charge in [-0.05, 0) is 41.5 Å². The standard InChI is InChI=1S/C9H20N2O2/c1-8(2,3)10-7(12)11-13-9(4,5)6/h1-6H3,(H2,10,11,12). The molecule has 78 valence electrons. The lowest BCUT2D eigenvalue weighted by atomic mass is 10.1. The number of carbonyl (C=O) groups excluding carboxylic acids is 1. The lowest BCUT2D eigenvalue weighted by molar-refractivity contribution is -0.0536. The van der Waals surface area contributed by atoms with Gasteiger partial charge in [-0.3, -0.25) is 4.84 Å². The van der Waals surface area contributed by atoms with E-state index in [1.807, 2.05) is 41.5 Å². The summed E-state index contributed by atoms with van der Waals surface area (Å²) < 4.78 is 0. The molecule has 0 aromatic rings. The third-order valence-corrected chi connectivity index (χ3v) is 0.938. The van der Waals surface area contributed by atoms with Crippen molar-refractivity contribution < 1.29 is 9.63 Å². The molecule has 4 heteroatoms. The Labute approximate surface area is 80.0 Å². The molecule has 0 aliphatic heterocycles. The molecule has 13 heavy (non-hydrogen) atoms. The summed E-state index contributed by atoms with van der Waals surface area (Å²) in [6.07, 6.45) is 0. The van der Waals surface area contributed by atoms with Crippen molar-refractivity contribution in [3.05, 3.63) is 0 Å². The summed E-state index contributed by atoms with van der Waals surface area (Å²) >= 11 is 0. The predicted molar refractivity (Wildman–Crippen MR) is 52.3 cm³/mol. The molecule has 0 aromatic heterocycles. The summed E-state index contributed by atoms with van der Waals surface area (Å²) in [6.45, 7) is 11.3. The molecule has 0 unspecified atom stereocenters. The van der Waals surface area contributed by atoms with E-state index >= 15 is 0 Å². The van der Waals surface area contributed by atoms with Crippen molar-refractivity contribution in [2.45, 2.75) is 52.7 Å². The van der Waals surface area contributed by atoms with Crippen LogP contribution in [0.4, 0.5) is 4.79 Å². The molecule has 0 aromatic carbocycles. The summed E-state index contributed by atoms with van der Waals surface area (Å²) in [5, 5.41) is 2.72. The van der Waals surface area contributed by atoms with Crippen molar-refractivity contribution in [3.63, 3.8) is 0 Å². The van der Waals surface area contributed by atoms with E-state index in [4.69, 9.17) is 4.84 Å². The Morgan fingerprint density at radius 3 is 1.85 bits per heavy atom. The zero-order valence-electron chi connectivity index (χ0n) is 9.32. The second-order valence-corrected chi connectivity index (χ2v) is 5.02. The molecule has 0 heterocycles. The summed E-state index contributed by atoms with van der Waals surface area (Å²) in [4.78, 5) is 16.2. The molecule has 0 aliphatic rings. The van der Waals surface area contributed by atoms with Crippen molar-refractivity contribution in [3.8, 4) is 0 Å². The van der Waals surface area contributed by atoms with Gasteiger partial charge in [-0.1, -0.05) is 0 Å². The van der Waals surface area contributed by atoms with Crippen LogP contribution in [-0.4, -0.2) is 17.2 Å². The van der Waals surface area contributed by atoms with E-state index in [1.165, 1.54) is 0 Å². The SMILES string of the molecule is CC(C)(C)NC(=O)NOC(C)(C)C. The molecule has 4 nitrogen and oxygen atoms in total. The van der Waals surface area contributed by atoms with Crippen LogP contribution in [0.2, 0.25) is 0 Å². The number of amides is 2. The lowest BCUT2D eigenvalue weighted by Crippen LogP contribution is -2.48. The Morgan fingerprint density at radius 2 is 1.54 bits per heavy atom. The van der Waals surface area contributed by atoms with E-state index in [2.05, 4.69) is 10.8 Å². The lowest BCUT2D eigenvalue weighted by Gasteiger charge is -2.23. The molecule has 0 rings (SSSR count). The average Bonchev–Trinajstić information content (AvgIpc) is 1.78. The van der Waals surface area contributed by atoms with E-state index in [0.29, 0.717) is 0 Å². The highest BCUT2D eigenvalue weighted by Crippen LogP contribution is 2.04. The minimum Gasteiger partial charge on any atom is -0.332 e. The molecule has 0 saturated carbocycles. The number of hydrogen-bond donors (Lipinski definition) is 2. The van der Waals surface area contributed by atoms with Crippen LogP contribution >= 0.6 is 0 Å². The maximum Gasteiger partial charge on any atom is 0.339 e. The minimum atomic E-state index is -0.366. The van der Waals surface area contributed by atoms with Crippen LogP contribution in [0.1, 0.15) is 41.5 Å². The minimum absolute atomic E-state index is 0.245. The Balaban J connectivity index is 3.78. The third-order valence-electron chi connectivity index (χ3n) is 0.938. The van der Waals surface area contributed by atoms with Crippen molar-refractivity contribution in [1.82, 2.24) is 10.8 Å². The first-order chi connectivity index (χ1) is 5.60. The normalized spacial score (nSPS) is 12.5. The first kappa shape index (κ1) is 12.2. The molecule has 0 bridgehead atoms. The number of carbonyl (C=O) groups is 1. The fraction of sp³-hybridized carbons (Fsp3) is 0.889. The molecule has 0 radical (unpaired) electrons. The van der Waals surface area contributed by atoms with E-state index in [1.54, 1.807) is 0 Å². The maximum atomic E-state index is 11.2. The number of hydrogen-bond acceptors (Lipinski definition) is 2. The second kappa shape index (κ2) is 3.96. The third kappa shape index (κ3) is 9.14. The van der Waals surface area contributed by atoms with Gasteiger partial charge in [0.2, 0.25) is 0 Å². The van der Waals surface area contributed by atoms with Gasteiger partial charge in [0.15, 0.2) is 0 Å². The van der Waals surface area contributed by atoms with Gasteiger partial charge < -0.3 is 5.32 Å². The molecule has 0 fully saturated rings. The highest BCUT2D eigenvalue weighted by Gasteiger charge is 2.16. The molecular formula is C9H20N2O2. The largest absolute Gasteiger partial charge is 0.339 e. The van der Waals surface area contributed by atoms with Gasteiger partial charge in [-0.2, -0.15) is 0 Å². The molecule has 2 N–H and O–H groups in total. The first-order valence-corrected chi connectivity index (χ1v) is 4.36. The van der Waals surface area contributed by atoms with Gasteiger partial charge in [-0.25, -0.2) is 10.3 Å². The fourth-order valence-corrected chi connectivity index (χ4v) is 0.566. The van der Waals surface area contributed by atoms with Crippen molar-refractivity contribution in [2.75, 3.05) is 0 Å². The Morgan fingerprint density at radius 1 is 1.08 bits per heavy atom. The molecule has 0 spiro atoms. The molecule has 0 aliphatic carbocycles. The van der Waals surface area contributed by atoms with E-state index in [-0.39, 0.29) is 17.2 Å². The van der Waals surface area contributed by atoms with Gasteiger partial charge in [0.05, 0.1) is 5.60 Å². The zero-order chi connectivity index (χ0) is 10.7. The zero-order valence-corrected chi connectivity index (χ0v) is 9.32. The monoisotopic (exact) mass is 188 g/mol. The smallest absolute Gasteiger partial charge is 0.332 e. The van der Waals surface area contributed by atoms with Crippen molar-refractivity contribution >= 4 is 6.03 Å². The van der Waals surface area contributed by atoms with Gasteiger partial charge >= 0.3 is 6.03 Å². The first-order valence-electron chi connectivity index (χ1n) is 4.36. The number of rotatable bonds is 1. The predicted octanol–water partition coefficient (Wildman–Crippen LogP) is 1.81. The van der Waals surface area contributed by atoms with E-state index < -0.39 is 0 Å². The summed E-state index contributed by atoms with van der Waals surface area (Å²) in [6, 6.07) is -0.317. The quantitative estimate of drug-likeness (QED) is 0.617. The van der Waals surface area contributed by atoms with Gasteiger partial charge in [0, 0.05) is 5.54 Å². The van der Waals surface area contributed by atoms with Crippen LogP contribution in [-0.2, 0) is 4.84 Å². The average molecular weight is 188 g/mol. The Hall–Kier alpha value is -0.770. The van der Waals surface area contributed by atoms with Crippen LogP contribution in [0.5, 0.6) is 0 Å². The molecule has 0 atom stereocenters. The highest BCUT2D eigenvalue weighted by molar-refractivity contribution is 5.73. The van der Waals surface area contributed by atoms with Gasteiger partial charge in [0.25, 0.3) is 0 Å². The Kier molecular flexibility index (Phi) is 3.72. The van der Waals surface area contributed by atoms with Crippen LogP contribution in [0, 0.1) is 0 Å². The van der Waals surface area contributed by atoms with E-state index in [9.17, 15) is 4.79 Å². The summed E-state index contributed by atoms with van der Waals surface area (Å²) in [5.74, 6) is 0. The van der Waals surface area contributed by atoms with Crippen LogP contribution in [0.15, 0.2) is 0 Å². The van der Waals surface area contributed by atoms with Gasteiger partial charge in [0.1, 0.15) is 0 Å². The topological polar surface area (TPSA) is 50.4 Å². The van der Waals surface area contributed by atoms with E-state index in [0.717, 1.165) is 0 Å². The van der Waals surface area contributed by atoms with Crippen LogP contribution in [0.3, 0.4) is 0 Å². The van der Waals surface area contributed by atoms with Gasteiger partial charge in [-0.15, -0.1) is 0 Å². The molecule has 0 saturated heterocycles. The number of hydroxylamine groups is 1. The summed E-state index contributed by atoms with van der Waals surface area (Å²) in [7, 11) is 0. The fourth-order valence-electron chi connectivity index (χ4n) is 0.566. The maximum absolute atomic E-state index is 11.2. The number of nitrogens with one attached hydrogen (secondary N) is 2. The Bertz CT molecular complexity index is 177. The van der Waals surface area contributed by atoms with Crippen LogP contribution in [0.25, 0.3) is 0 Å². The highest BCUT2D eigenvalue weighted by atomic mass is 16.7. The van der Waals surface area contributed by atoms with Crippen molar-refractivity contribution in [1.29, 1.82) is 0 Å². The molecular weight excluding hydrogens is 168 g/mol. The van der Waals surface area contributed by atoms with Crippen molar-refractivity contribution in [2.24, 2.45) is 0 Å². The summed E-state index contributed by atoms with van der Waals surface area (Å²) in [5.41, 5.74) is 1.72. The second-order valence-electron chi connectivity index (χ2n) is 5.02.